The minimum Gasteiger partial charge on any atom is -0.480 e. The Morgan fingerprint density at radius 3 is 2.54 bits per heavy atom. The molecule has 1 N–H and O–H groups in total. The summed E-state index contributed by atoms with van der Waals surface area (Å²) in [5, 5.41) is 2.89. The molecule has 0 radical (unpaired) electrons. The van der Waals surface area contributed by atoms with E-state index >= 15 is 0 Å². The molecule has 1 aliphatic heterocycles. The van der Waals surface area contributed by atoms with Gasteiger partial charge in [0.2, 0.25) is 5.91 Å². The number of amides is 2. The summed E-state index contributed by atoms with van der Waals surface area (Å²) in [6.45, 7) is 4.63. The molecule has 136 valence electrons. The largest absolute Gasteiger partial charge is 0.480 e. The smallest absolute Gasteiger partial charge is 0.265 e. The molecule has 2 aromatic carbocycles. The standard InChI is InChI=1S/C21H24N2O3/c1-3-18(26-19-8-5-4-7-15(19)2)21(25)22-16-10-12-17(13-11-16)23-14-6-9-20(23)24/h4-5,7-8,10-13,18H,3,6,9,14H2,1-2H3,(H,22,25)/t18-/m1/s1. The van der Waals surface area contributed by atoms with Gasteiger partial charge in [-0.15, -0.1) is 0 Å². The highest BCUT2D eigenvalue weighted by molar-refractivity contribution is 5.97. The monoisotopic (exact) mass is 352 g/mol. The third-order valence-electron chi connectivity index (χ3n) is 4.55. The Bertz CT molecular complexity index is 786. The van der Waals surface area contributed by atoms with Crippen molar-refractivity contribution in [1.82, 2.24) is 0 Å². The van der Waals surface area contributed by atoms with Crippen molar-refractivity contribution in [2.24, 2.45) is 0 Å². The Kier molecular flexibility index (Phi) is 5.56. The molecule has 1 atom stereocenters. The maximum Gasteiger partial charge on any atom is 0.265 e. The molecule has 5 heteroatoms. The number of carbonyl (C=O) groups is 2. The van der Waals surface area contributed by atoms with Crippen LogP contribution in [0.1, 0.15) is 31.7 Å². The summed E-state index contributed by atoms with van der Waals surface area (Å²) >= 11 is 0. The lowest BCUT2D eigenvalue weighted by atomic mass is 10.2. The molecule has 1 saturated heterocycles. The van der Waals surface area contributed by atoms with Crippen LogP contribution >= 0.6 is 0 Å². The minimum atomic E-state index is -0.559. The molecule has 26 heavy (non-hydrogen) atoms. The number of anilines is 2. The van der Waals surface area contributed by atoms with Crippen molar-refractivity contribution in [2.45, 2.75) is 39.2 Å². The van der Waals surface area contributed by atoms with Gasteiger partial charge < -0.3 is 15.0 Å². The van der Waals surface area contributed by atoms with Crippen LogP contribution in [0.3, 0.4) is 0 Å². The second kappa shape index (κ2) is 8.04. The average molecular weight is 352 g/mol. The number of rotatable bonds is 6. The summed E-state index contributed by atoms with van der Waals surface area (Å²) in [7, 11) is 0. The first-order valence-corrected chi connectivity index (χ1v) is 9.02. The van der Waals surface area contributed by atoms with Crippen LogP contribution in [0.4, 0.5) is 11.4 Å². The van der Waals surface area contributed by atoms with Crippen LogP contribution in [0.2, 0.25) is 0 Å². The molecule has 0 bridgehead atoms. The van der Waals surface area contributed by atoms with E-state index in [1.54, 1.807) is 4.90 Å². The molecule has 0 spiro atoms. The van der Waals surface area contributed by atoms with Gasteiger partial charge in [-0.25, -0.2) is 0 Å². The Hall–Kier alpha value is -2.82. The Morgan fingerprint density at radius 2 is 1.92 bits per heavy atom. The first-order valence-electron chi connectivity index (χ1n) is 9.02. The van der Waals surface area contributed by atoms with E-state index in [1.807, 2.05) is 62.4 Å². The third-order valence-corrected chi connectivity index (χ3v) is 4.55. The van der Waals surface area contributed by atoms with Crippen LogP contribution in [0.15, 0.2) is 48.5 Å². The van der Waals surface area contributed by atoms with E-state index in [2.05, 4.69) is 5.32 Å². The van der Waals surface area contributed by atoms with Gasteiger partial charge >= 0.3 is 0 Å². The molecular weight excluding hydrogens is 328 g/mol. The zero-order chi connectivity index (χ0) is 18.5. The van der Waals surface area contributed by atoms with Gasteiger partial charge in [0.1, 0.15) is 5.75 Å². The maximum absolute atomic E-state index is 12.6. The van der Waals surface area contributed by atoms with Crippen LogP contribution in [0.5, 0.6) is 5.75 Å². The number of aryl methyl sites for hydroxylation is 1. The van der Waals surface area contributed by atoms with Crippen LogP contribution in [-0.4, -0.2) is 24.5 Å². The lowest BCUT2D eigenvalue weighted by molar-refractivity contribution is -0.122. The van der Waals surface area contributed by atoms with Crippen molar-refractivity contribution in [3.05, 3.63) is 54.1 Å². The topological polar surface area (TPSA) is 58.6 Å². The Labute approximate surface area is 154 Å². The minimum absolute atomic E-state index is 0.152. The summed E-state index contributed by atoms with van der Waals surface area (Å²) in [5.74, 6) is 0.692. The number of carbonyl (C=O) groups excluding carboxylic acids is 2. The van der Waals surface area contributed by atoms with Crippen molar-refractivity contribution >= 4 is 23.2 Å². The van der Waals surface area contributed by atoms with Gasteiger partial charge in [0.25, 0.3) is 5.91 Å². The molecule has 0 unspecified atom stereocenters. The van der Waals surface area contributed by atoms with Gasteiger partial charge in [-0.1, -0.05) is 25.1 Å². The lowest BCUT2D eigenvalue weighted by Gasteiger charge is -2.19. The number of nitrogens with zero attached hydrogens (tertiary/aromatic N) is 1. The number of ether oxygens (including phenoxy) is 1. The molecule has 0 saturated carbocycles. The first-order chi connectivity index (χ1) is 12.6. The molecule has 3 rings (SSSR count). The predicted molar refractivity (Wildman–Crippen MR) is 103 cm³/mol. The SMILES string of the molecule is CC[C@@H](Oc1ccccc1C)C(=O)Nc1ccc(N2CCCC2=O)cc1. The molecule has 5 nitrogen and oxygen atoms in total. The highest BCUT2D eigenvalue weighted by Gasteiger charge is 2.22. The summed E-state index contributed by atoms with van der Waals surface area (Å²) in [6.07, 6.45) is 1.51. The van der Waals surface area contributed by atoms with Gasteiger partial charge in [-0.2, -0.15) is 0 Å². The van der Waals surface area contributed by atoms with Crippen LogP contribution in [-0.2, 0) is 9.59 Å². The lowest BCUT2D eigenvalue weighted by Crippen LogP contribution is -2.32. The molecule has 1 aliphatic rings. The molecular formula is C21H24N2O3. The van der Waals surface area contributed by atoms with E-state index in [0.717, 1.165) is 30.0 Å². The fraction of sp³-hybridized carbons (Fsp3) is 0.333. The number of para-hydroxylation sites is 1. The van der Waals surface area contributed by atoms with Crippen molar-refractivity contribution in [3.8, 4) is 5.75 Å². The summed E-state index contributed by atoms with van der Waals surface area (Å²) < 4.78 is 5.88. The van der Waals surface area contributed by atoms with E-state index in [-0.39, 0.29) is 11.8 Å². The van der Waals surface area contributed by atoms with E-state index in [1.165, 1.54) is 0 Å². The summed E-state index contributed by atoms with van der Waals surface area (Å²) in [4.78, 5) is 26.1. The second-order valence-corrected chi connectivity index (χ2v) is 6.47. The Balaban J connectivity index is 1.64. The van der Waals surface area contributed by atoms with Crippen molar-refractivity contribution in [1.29, 1.82) is 0 Å². The maximum atomic E-state index is 12.6. The first kappa shape index (κ1) is 18.0. The number of nitrogens with one attached hydrogen (secondary N) is 1. The van der Waals surface area contributed by atoms with Crippen molar-refractivity contribution < 1.29 is 14.3 Å². The zero-order valence-corrected chi connectivity index (χ0v) is 15.2. The van der Waals surface area contributed by atoms with Crippen LogP contribution < -0.4 is 15.0 Å². The van der Waals surface area contributed by atoms with E-state index in [4.69, 9.17) is 4.74 Å². The average Bonchev–Trinajstić information content (AvgIpc) is 3.07. The van der Waals surface area contributed by atoms with E-state index in [9.17, 15) is 9.59 Å². The van der Waals surface area contributed by atoms with Crippen molar-refractivity contribution in [2.75, 3.05) is 16.8 Å². The number of hydrogen-bond acceptors (Lipinski definition) is 3. The second-order valence-electron chi connectivity index (χ2n) is 6.47. The van der Waals surface area contributed by atoms with Gasteiger partial charge in [0.15, 0.2) is 6.10 Å². The molecule has 0 aromatic heterocycles. The van der Waals surface area contributed by atoms with E-state index in [0.29, 0.717) is 18.5 Å². The van der Waals surface area contributed by atoms with Gasteiger partial charge in [0, 0.05) is 24.3 Å². The van der Waals surface area contributed by atoms with Gasteiger partial charge in [-0.05, 0) is 55.7 Å². The molecule has 2 amide bonds. The Morgan fingerprint density at radius 1 is 1.19 bits per heavy atom. The zero-order valence-electron chi connectivity index (χ0n) is 15.2. The fourth-order valence-electron chi connectivity index (χ4n) is 3.03. The summed E-state index contributed by atoms with van der Waals surface area (Å²) in [6, 6.07) is 15.0. The normalized spacial score (nSPS) is 15.0. The van der Waals surface area contributed by atoms with Crippen LogP contribution in [0, 0.1) is 6.92 Å². The quantitative estimate of drug-likeness (QED) is 0.857. The van der Waals surface area contributed by atoms with E-state index < -0.39 is 6.10 Å². The highest BCUT2D eigenvalue weighted by atomic mass is 16.5. The molecule has 2 aromatic rings. The predicted octanol–water partition coefficient (Wildman–Crippen LogP) is 3.92. The van der Waals surface area contributed by atoms with Crippen LogP contribution in [0.25, 0.3) is 0 Å². The molecule has 0 aliphatic carbocycles. The summed E-state index contributed by atoms with van der Waals surface area (Å²) in [5.41, 5.74) is 2.56. The van der Waals surface area contributed by atoms with Gasteiger partial charge in [-0.3, -0.25) is 9.59 Å². The fourth-order valence-corrected chi connectivity index (χ4v) is 3.03. The number of hydrogen-bond donors (Lipinski definition) is 1. The molecule has 1 heterocycles. The van der Waals surface area contributed by atoms with Gasteiger partial charge in [0.05, 0.1) is 0 Å². The third kappa shape index (κ3) is 4.04. The highest BCUT2D eigenvalue weighted by Crippen LogP contribution is 2.24. The van der Waals surface area contributed by atoms with Crippen molar-refractivity contribution in [3.63, 3.8) is 0 Å². The number of benzene rings is 2. The molecule has 1 fully saturated rings.